The van der Waals surface area contributed by atoms with E-state index in [9.17, 15) is 12.8 Å². The van der Waals surface area contributed by atoms with Gasteiger partial charge in [-0.15, -0.1) is 0 Å². The Bertz CT molecular complexity index is 679. The number of para-hydroxylation sites is 1. The van der Waals surface area contributed by atoms with Gasteiger partial charge in [0, 0.05) is 33.8 Å². The zero-order valence-corrected chi connectivity index (χ0v) is 11.4. The van der Waals surface area contributed by atoms with Gasteiger partial charge >= 0.3 is 0 Å². The lowest BCUT2D eigenvalue weighted by Crippen LogP contribution is -2.02. The summed E-state index contributed by atoms with van der Waals surface area (Å²) in [5, 5.41) is 0.587. The number of nitrogens with zero attached hydrogens (tertiary/aromatic N) is 1. The summed E-state index contributed by atoms with van der Waals surface area (Å²) in [4.78, 5) is 0.124. The maximum absolute atomic E-state index is 12.3. The highest BCUT2D eigenvalue weighted by Crippen LogP contribution is 2.32. The van der Waals surface area contributed by atoms with Crippen LogP contribution in [0.5, 0.6) is 0 Å². The zero-order valence-electron chi connectivity index (χ0n) is 9.86. The average molecular weight is 290 g/mol. The number of halogens is 2. The Morgan fingerprint density at radius 3 is 2.61 bits per heavy atom. The van der Waals surface area contributed by atoms with Crippen LogP contribution in [0.1, 0.15) is 12.1 Å². The van der Waals surface area contributed by atoms with Crippen molar-refractivity contribution in [2.45, 2.75) is 24.8 Å². The Labute approximate surface area is 110 Å². The molecule has 98 valence electrons. The van der Waals surface area contributed by atoms with E-state index in [1.165, 1.54) is 0 Å². The van der Waals surface area contributed by atoms with Crippen LogP contribution in [-0.4, -0.2) is 19.7 Å². The van der Waals surface area contributed by atoms with E-state index < -0.39 is 15.7 Å². The number of benzene rings is 1. The van der Waals surface area contributed by atoms with Gasteiger partial charge in [0.2, 0.25) is 0 Å². The highest BCUT2D eigenvalue weighted by Gasteiger charge is 2.22. The van der Waals surface area contributed by atoms with Crippen molar-refractivity contribution in [2.24, 2.45) is 0 Å². The molecule has 0 spiro atoms. The van der Waals surface area contributed by atoms with Crippen LogP contribution in [0.15, 0.2) is 29.2 Å². The first kappa shape index (κ1) is 13.4. The second-order valence-corrected chi connectivity index (χ2v) is 6.57. The van der Waals surface area contributed by atoms with Crippen molar-refractivity contribution in [1.82, 2.24) is 4.57 Å². The zero-order chi connectivity index (χ0) is 13.3. The van der Waals surface area contributed by atoms with Crippen molar-refractivity contribution < 1.29 is 12.8 Å². The van der Waals surface area contributed by atoms with Gasteiger partial charge in [0.1, 0.15) is 4.90 Å². The number of hydrogen-bond donors (Lipinski definition) is 0. The third kappa shape index (κ3) is 2.24. The van der Waals surface area contributed by atoms with Crippen LogP contribution in [-0.2, 0) is 15.6 Å². The normalized spacial score (nSPS) is 12.2. The van der Waals surface area contributed by atoms with Crippen LogP contribution in [0.3, 0.4) is 0 Å². The van der Waals surface area contributed by atoms with E-state index in [0.717, 1.165) is 5.52 Å². The lowest BCUT2D eigenvalue weighted by atomic mass is 10.2. The highest BCUT2D eigenvalue weighted by atomic mass is 35.7. The predicted molar refractivity (Wildman–Crippen MR) is 70.3 cm³/mol. The first-order valence-corrected chi connectivity index (χ1v) is 7.86. The highest BCUT2D eigenvalue weighted by molar-refractivity contribution is 8.14. The number of hydrogen-bond acceptors (Lipinski definition) is 2. The van der Waals surface area contributed by atoms with E-state index in [2.05, 4.69) is 0 Å². The molecule has 2 aromatic rings. The largest absolute Gasteiger partial charge is 0.343 e. The molecular weight excluding hydrogens is 277 g/mol. The second kappa shape index (κ2) is 4.90. The number of alkyl halides is 1. The quantitative estimate of drug-likeness (QED) is 0.811. The van der Waals surface area contributed by atoms with E-state index >= 15 is 0 Å². The van der Waals surface area contributed by atoms with Crippen molar-refractivity contribution in [3.05, 3.63) is 30.0 Å². The van der Waals surface area contributed by atoms with Crippen LogP contribution in [0, 0.1) is 6.92 Å². The van der Waals surface area contributed by atoms with Crippen LogP contribution in [0.25, 0.3) is 10.9 Å². The molecule has 6 heteroatoms. The number of aromatic nitrogens is 1. The molecule has 0 aliphatic carbocycles. The first-order valence-electron chi connectivity index (χ1n) is 5.55. The minimum atomic E-state index is -3.81. The van der Waals surface area contributed by atoms with Crippen molar-refractivity contribution in [3.63, 3.8) is 0 Å². The van der Waals surface area contributed by atoms with E-state index in [1.807, 2.05) is 12.1 Å². The van der Waals surface area contributed by atoms with Gasteiger partial charge in [-0.05, 0) is 19.4 Å². The third-order valence-electron chi connectivity index (χ3n) is 2.93. The number of aryl methyl sites for hydroxylation is 1. The van der Waals surface area contributed by atoms with Crippen LogP contribution in [0.4, 0.5) is 4.39 Å². The van der Waals surface area contributed by atoms with Gasteiger partial charge in [-0.2, -0.15) is 0 Å². The summed E-state index contributed by atoms with van der Waals surface area (Å²) in [6.45, 7) is 1.69. The smallest absolute Gasteiger partial charge is 0.263 e. The molecule has 0 aliphatic rings. The Kier molecular flexibility index (Phi) is 3.64. The molecule has 0 atom stereocenters. The fraction of sp³-hybridized carbons (Fsp3) is 0.333. The van der Waals surface area contributed by atoms with E-state index in [4.69, 9.17) is 10.7 Å². The standard InChI is InChI=1S/C12H13ClFNO2S/c1-9-12(18(13,16)17)10-5-2-3-6-11(10)15(9)8-4-7-14/h2-3,5-6H,4,7-8H2,1H3. The van der Waals surface area contributed by atoms with Gasteiger partial charge in [-0.1, -0.05) is 18.2 Å². The minimum absolute atomic E-state index is 0.124. The lowest BCUT2D eigenvalue weighted by Gasteiger charge is -2.06. The SMILES string of the molecule is Cc1c(S(=O)(=O)Cl)c2ccccc2n1CCCF. The summed E-state index contributed by atoms with van der Waals surface area (Å²) in [7, 11) is 1.67. The van der Waals surface area contributed by atoms with Gasteiger partial charge in [-0.25, -0.2) is 8.42 Å². The summed E-state index contributed by atoms with van der Waals surface area (Å²) in [6.07, 6.45) is 0.348. The minimum Gasteiger partial charge on any atom is -0.343 e. The molecule has 0 fully saturated rings. The average Bonchev–Trinajstić information content (AvgIpc) is 2.58. The predicted octanol–water partition coefficient (Wildman–Crippen LogP) is 3.24. The van der Waals surface area contributed by atoms with E-state index in [1.54, 1.807) is 23.6 Å². The molecule has 1 aromatic heterocycles. The Balaban J connectivity index is 2.76. The van der Waals surface area contributed by atoms with E-state index in [0.29, 0.717) is 24.0 Å². The van der Waals surface area contributed by atoms with Gasteiger partial charge in [0.05, 0.1) is 6.67 Å². The molecular formula is C12H13ClFNO2S. The first-order chi connectivity index (χ1) is 8.46. The molecule has 0 saturated heterocycles. The van der Waals surface area contributed by atoms with Crippen molar-refractivity contribution in [2.75, 3.05) is 6.67 Å². The van der Waals surface area contributed by atoms with E-state index in [-0.39, 0.29) is 4.90 Å². The Hall–Kier alpha value is -1.07. The molecule has 0 N–H and O–H groups in total. The maximum atomic E-state index is 12.3. The van der Waals surface area contributed by atoms with Crippen molar-refractivity contribution in [3.8, 4) is 0 Å². The number of rotatable bonds is 4. The lowest BCUT2D eigenvalue weighted by molar-refractivity contribution is 0.447. The summed E-state index contributed by atoms with van der Waals surface area (Å²) >= 11 is 0. The molecule has 0 aliphatic heterocycles. The molecule has 1 heterocycles. The van der Waals surface area contributed by atoms with Gasteiger partial charge < -0.3 is 4.57 Å². The van der Waals surface area contributed by atoms with Crippen LogP contribution < -0.4 is 0 Å². The fourth-order valence-electron chi connectivity index (χ4n) is 2.21. The topological polar surface area (TPSA) is 39.1 Å². The summed E-state index contributed by atoms with van der Waals surface area (Å²) < 4.78 is 37.4. The molecule has 0 saturated carbocycles. The van der Waals surface area contributed by atoms with Crippen LogP contribution >= 0.6 is 10.7 Å². The third-order valence-corrected chi connectivity index (χ3v) is 4.40. The molecule has 0 unspecified atom stereocenters. The molecule has 18 heavy (non-hydrogen) atoms. The number of fused-ring (bicyclic) bond motifs is 1. The van der Waals surface area contributed by atoms with Crippen molar-refractivity contribution in [1.29, 1.82) is 0 Å². The molecule has 3 nitrogen and oxygen atoms in total. The maximum Gasteiger partial charge on any atom is 0.263 e. The molecule has 0 radical (unpaired) electrons. The molecule has 0 amide bonds. The van der Waals surface area contributed by atoms with Crippen molar-refractivity contribution >= 4 is 30.6 Å². The van der Waals surface area contributed by atoms with Gasteiger partial charge in [0.15, 0.2) is 0 Å². The van der Waals surface area contributed by atoms with Gasteiger partial charge in [0.25, 0.3) is 9.05 Å². The summed E-state index contributed by atoms with van der Waals surface area (Å²) in [5.74, 6) is 0. The Morgan fingerprint density at radius 2 is 2.00 bits per heavy atom. The van der Waals surface area contributed by atoms with Gasteiger partial charge in [-0.3, -0.25) is 4.39 Å². The summed E-state index contributed by atoms with van der Waals surface area (Å²) in [5.41, 5.74) is 1.32. The molecule has 2 rings (SSSR count). The molecule has 0 bridgehead atoms. The monoisotopic (exact) mass is 289 g/mol. The summed E-state index contributed by atoms with van der Waals surface area (Å²) in [6, 6.07) is 7.10. The fourth-order valence-corrected chi connectivity index (χ4v) is 3.70. The van der Waals surface area contributed by atoms with Crippen LogP contribution in [0.2, 0.25) is 0 Å². The molecule has 1 aromatic carbocycles. The Morgan fingerprint density at radius 1 is 1.33 bits per heavy atom. The second-order valence-electron chi connectivity index (χ2n) is 4.06.